The van der Waals surface area contributed by atoms with Crippen molar-refractivity contribution >= 4 is 17.3 Å². The van der Waals surface area contributed by atoms with Gasteiger partial charge in [0.1, 0.15) is 6.61 Å². The van der Waals surface area contributed by atoms with Crippen molar-refractivity contribution in [3.05, 3.63) is 39.2 Å². The highest BCUT2D eigenvalue weighted by Crippen LogP contribution is 2.32. The Hall–Kier alpha value is -1.99. The third-order valence-corrected chi connectivity index (χ3v) is 3.06. The number of halogens is 1. The van der Waals surface area contributed by atoms with Crippen LogP contribution in [0.3, 0.4) is 0 Å². The molecule has 0 bridgehead atoms. The van der Waals surface area contributed by atoms with Crippen molar-refractivity contribution in [3.8, 4) is 11.4 Å². The van der Waals surface area contributed by atoms with Gasteiger partial charge >= 0.3 is 0 Å². The Morgan fingerprint density at radius 3 is 2.70 bits per heavy atom. The van der Waals surface area contributed by atoms with Crippen molar-refractivity contribution in [2.45, 2.75) is 26.5 Å². The summed E-state index contributed by atoms with van der Waals surface area (Å²) in [5.41, 5.74) is 0.177. The largest absolute Gasteiger partial charge is 0.388 e. The number of aliphatic hydroxyl groups is 1. The molecule has 0 unspecified atom stereocenters. The lowest BCUT2D eigenvalue weighted by Gasteiger charge is -2.13. The molecule has 1 heterocycles. The molecule has 8 heteroatoms. The van der Waals surface area contributed by atoms with E-state index in [0.29, 0.717) is 17.2 Å². The van der Waals surface area contributed by atoms with Crippen molar-refractivity contribution in [2.24, 2.45) is 0 Å². The zero-order valence-electron chi connectivity index (χ0n) is 10.9. The average Bonchev–Trinajstić information content (AvgIpc) is 2.82. The summed E-state index contributed by atoms with van der Waals surface area (Å²) in [7, 11) is 0. The topological polar surface area (TPSA) is 94.1 Å². The number of aromatic nitrogens is 3. The Morgan fingerprint density at radius 1 is 1.45 bits per heavy atom. The van der Waals surface area contributed by atoms with Gasteiger partial charge in [-0.15, -0.1) is 10.2 Å². The van der Waals surface area contributed by atoms with Crippen LogP contribution in [0.1, 0.15) is 25.7 Å². The van der Waals surface area contributed by atoms with Gasteiger partial charge in [-0.1, -0.05) is 11.6 Å². The molecular weight excluding hydrogens is 284 g/mol. The van der Waals surface area contributed by atoms with Gasteiger partial charge in [0, 0.05) is 17.1 Å². The van der Waals surface area contributed by atoms with Gasteiger partial charge in [0.05, 0.1) is 10.5 Å². The number of hydrogen-bond acceptors (Lipinski definition) is 5. The number of rotatable bonds is 4. The van der Waals surface area contributed by atoms with E-state index in [-0.39, 0.29) is 23.4 Å². The van der Waals surface area contributed by atoms with Crippen LogP contribution in [0.25, 0.3) is 11.4 Å². The molecule has 2 rings (SSSR count). The van der Waals surface area contributed by atoms with Crippen LogP contribution >= 0.6 is 11.6 Å². The third kappa shape index (κ3) is 2.50. The Balaban J connectivity index is 2.69. The molecule has 0 amide bonds. The highest BCUT2D eigenvalue weighted by atomic mass is 35.5. The molecule has 0 saturated heterocycles. The smallest absolute Gasteiger partial charge is 0.281 e. The number of nitrogens with zero attached hydrogens (tertiary/aromatic N) is 4. The van der Waals surface area contributed by atoms with Crippen LogP contribution in [0.4, 0.5) is 5.69 Å². The van der Waals surface area contributed by atoms with Crippen LogP contribution in [0.2, 0.25) is 5.02 Å². The fraction of sp³-hybridized carbons (Fsp3) is 0.333. The average molecular weight is 297 g/mol. The van der Waals surface area contributed by atoms with Crippen molar-refractivity contribution in [3.63, 3.8) is 0 Å². The van der Waals surface area contributed by atoms with E-state index in [2.05, 4.69) is 10.2 Å². The first-order chi connectivity index (χ1) is 9.45. The van der Waals surface area contributed by atoms with Gasteiger partial charge in [-0.2, -0.15) is 0 Å². The van der Waals surface area contributed by atoms with Gasteiger partial charge < -0.3 is 9.67 Å². The molecule has 0 fully saturated rings. The van der Waals surface area contributed by atoms with Gasteiger partial charge in [-0.3, -0.25) is 10.1 Å². The SMILES string of the molecule is CC(C)n1c(CO)nnc1-c1ccc(Cl)cc1[N+](=O)[O-]. The highest BCUT2D eigenvalue weighted by molar-refractivity contribution is 6.30. The zero-order chi connectivity index (χ0) is 14.9. The summed E-state index contributed by atoms with van der Waals surface area (Å²) in [4.78, 5) is 10.6. The number of hydrogen-bond donors (Lipinski definition) is 1. The summed E-state index contributed by atoms with van der Waals surface area (Å²) in [6, 6.07) is 4.32. The molecule has 2 aromatic rings. The minimum absolute atomic E-state index is 0.0440. The predicted molar refractivity (Wildman–Crippen MR) is 73.4 cm³/mol. The molecule has 0 saturated carbocycles. The van der Waals surface area contributed by atoms with E-state index in [4.69, 9.17) is 11.6 Å². The number of aliphatic hydroxyl groups excluding tert-OH is 1. The molecule has 0 spiro atoms. The van der Waals surface area contributed by atoms with Crippen molar-refractivity contribution in [1.82, 2.24) is 14.8 Å². The summed E-state index contributed by atoms with van der Waals surface area (Å²) in [6.07, 6.45) is 0. The first-order valence-electron chi connectivity index (χ1n) is 5.94. The second kappa shape index (κ2) is 5.56. The normalized spacial score (nSPS) is 11.1. The maximum absolute atomic E-state index is 11.1. The van der Waals surface area contributed by atoms with E-state index in [1.54, 1.807) is 10.6 Å². The lowest BCUT2D eigenvalue weighted by molar-refractivity contribution is -0.384. The first kappa shape index (κ1) is 14.4. The molecule has 1 aromatic carbocycles. The van der Waals surface area contributed by atoms with Crippen molar-refractivity contribution in [1.29, 1.82) is 0 Å². The Bertz CT molecular complexity index is 654. The summed E-state index contributed by atoms with van der Waals surface area (Å²) in [5.74, 6) is 0.701. The Morgan fingerprint density at radius 2 is 2.15 bits per heavy atom. The van der Waals surface area contributed by atoms with Crippen LogP contribution in [0.5, 0.6) is 0 Å². The molecule has 20 heavy (non-hydrogen) atoms. The van der Waals surface area contributed by atoms with Gasteiger partial charge in [0.2, 0.25) is 0 Å². The van der Waals surface area contributed by atoms with Crippen molar-refractivity contribution < 1.29 is 10.0 Å². The Labute approximate surface area is 120 Å². The number of benzene rings is 1. The van der Waals surface area contributed by atoms with Gasteiger partial charge in [-0.05, 0) is 26.0 Å². The molecule has 1 N–H and O–H groups in total. The second-order valence-electron chi connectivity index (χ2n) is 4.48. The quantitative estimate of drug-likeness (QED) is 0.691. The number of nitro benzene ring substituents is 1. The van der Waals surface area contributed by atoms with Gasteiger partial charge in [-0.25, -0.2) is 0 Å². The minimum Gasteiger partial charge on any atom is -0.388 e. The van der Waals surface area contributed by atoms with Crippen LogP contribution in [0, 0.1) is 10.1 Å². The molecule has 7 nitrogen and oxygen atoms in total. The first-order valence-corrected chi connectivity index (χ1v) is 6.32. The van der Waals surface area contributed by atoms with Crippen LogP contribution in [0.15, 0.2) is 18.2 Å². The zero-order valence-corrected chi connectivity index (χ0v) is 11.7. The summed E-state index contributed by atoms with van der Waals surface area (Å²) in [5, 5.41) is 28.5. The summed E-state index contributed by atoms with van der Waals surface area (Å²) >= 11 is 5.80. The fourth-order valence-corrected chi connectivity index (χ4v) is 2.17. The third-order valence-electron chi connectivity index (χ3n) is 2.82. The Kier molecular flexibility index (Phi) is 4.01. The molecule has 0 aliphatic rings. The standard InChI is InChI=1S/C12H13ClN4O3/c1-7(2)16-11(6-18)14-15-12(16)9-4-3-8(13)5-10(9)17(19)20/h3-5,7,18H,6H2,1-2H3. The van der Waals surface area contributed by atoms with Crippen LogP contribution < -0.4 is 0 Å². The van der Waals surface area contributed by atoms with E-state index in [1.807, 2.05) is 13.8 Å². The molecule has 0 atom stereocenters. The highest BCUT2D eigenvalue weighted by Gasteiger charge is 2.23. The molecular formula is C12H13ClN4O3. The maximum Gasteiger partial charge on any atom is 0.281 e. The van der Waals surface area contributed by atoms with E-state index >= 15 is 0 Å². The van der Waals surface area contributed by atoms with Crippen LogP contribution in [-0.4, -0.2) is 24.8 Å². The summed E-state index contributed by atoms with van der Waals surface area (Å²) < 4.78 is 1.66. The molecule has 106 valence electrons. The minimum atomic E-state index is -0.515. The van der Waals surface area contributed by atoms with Crippen LogP contribution in [-0.2, 0) is 6.61 Å². The monoisotopic (exact) mass is 296 g/mol. The molecule has 0 aliphatic carbocycles. The van der Waals surface area contributed by atoms with E-state index in [0.717, 1.165) is 0 Å². The van der Waals surface area contributed by atoms with E-state index in [9.17, 15) is 15.2 Å². The lowest BCUT2D eigenvalue weighted by atomic mass is 10.1. The molecule has 0 aliphatic heterocycles. The fourth-order valence-electron chi connectivity index (χ4n) is 2.00. The second-order valence-corrected chi connectivity index (χ2v) is 4.92. The van der Waals surface area contributed by atoms with E-state index < -0.39 is 4.92 Å². The predicted octanol–water partition coefficient (Wildman–Crippen LogP) is 2.58. The molecule has 1 aromatic heterocycles. The van der Waals surface area contributed by atoms with Gasteiger partial charge in [0.25, 0.3) is 5.69 Å². The lowest BCUT2D eigenvalue weighted by Crippen LogP contribution is -2.08. The van der Waals surface area contributed by atoms with E-state index in [1.165, 1.54) is 12.1 Å². The molecule has 0 radical (unpaired) electrons. The van der Waals surface area contributed by atoms with Crippen molar-refractivity contribution in [2.75, 3.05) is 0 Å². The maximum atomic E-state index is 11.1. The summed E-state index contributed by atoms with van der Waals surface area (Å²) in [6.45, 7) is 3.48. The number of nitro groups is 1. The van der Waals surface area contributed by atoms with Gasteiger partial charge in [0.15, 0.2) is 11.6 Å².